The quantitative estimate of drug-likeness (QED) is 0.449. The first-order valence-electron chi connectivity index (χ1n) is 9.85. The highest BCUT2D eigenvalue weighted by Crippen LogP contribution is 2.17. The van der Waals surface area contributed by atoms with Gasteiger partial charge in [-0.05, 0) is 29.1 Å². The summed E-state index contributed by atoms with van der Waals surface area (Å²) in [5.41, 5.74) is 3.52. The van der Waals surface area contributed by atoms with Crippen LogP contribution in [-0.2, 0) is 13.0 Å². The molecule has 0 fully saturated rings. The van der Waals surface area contributed by atoms with Crippen LogP contribution in [0.25, 0.3) is 16.3 Å². The van der Waals surface area contributed by atoms with Crippen LogP contribution in [0.1, 0.15) is 27.4 Å². The SMILES string of the molecule is O=C(NCc1cncc2ccccc12)c1[nH]c(Cc2ccc[nH+]c2)[n+]2ccccc12. The molecule has 5 rings (SSSR count). The van der Waals surface area contributed by atoms with Gasteiger partial charge >= 0.3 is 0 Å². The largest absolute Gasteiger partial charge is 0.345 e. The Labute approximate surface area is 173 Å². The summed E-state index contributed by atoms with van der Waals surface area (Å²) in [6.07, 6.45) is 10.1. The van der Waals surface area contributed by atoms with Crippen molar-refractivity contribution in [2.45, 2.75) is 13.0 Å². The lowest BCUT2D eigenvalue weighted by molar-refractivity contribution is -0.520. The minimum Gasteiger partial charge on any atom is -0.345 e. The molecule has 0 aliphatic carbocycles. The number of nitrogens with one attached hydrogen (secondary N) is 3. The predicted molar refractivity (Wildman–Crippen MR) is 113 cm³/mol. The fourth-order valence-electron chi connectivity index (χ4n) is 3.77. The number of H-pyrrole nitrogens is 2. The number of imidazole rings is 1. The number of carbonyl (C=O) groups is 1. The number of nitrogens with zero attached hydrogens (tertiary/aromatic N) is 2. The summed E-state index contributed by atoms with van der Waals surface area (Å²) in [6.45, 7) is 0.411. The number of fused-ring (bicyclic) bond motifs is 2. The monoisotopic (exact) mass is 395 g/mol. The number of rotatable bonds is 5. The van der Waals surface area contributed by atoms with Gasteiger partial charge in [0.05, 0.1) is 12.6 Å². The van der Waals surface area contributed by atoms with Gasteiger partial charge < -0.3 is 5.32 Å². The number of aromatic amines is 2. The Bertz CT molecular complexity index is 1340. The van der Waals surface area contributed by atoms with Gasteiger partial charge in [-0.1, -0.05) is 30.3 Å². The van der Waals surface area contributed by atoms with Crippen LogP contribution < -0.4 is 14.7 Å². The van der Waals surface area contributed by atoms with Crippen LogP contribution in [0.15, 0.2) is 85.6 Å². The second-order valence-corrected chi connectivity index (χ2v) is 7.19. The van der Waals surface area contributed by atoms with Crippen LogP contribution in [0, 0.1) is 0 Å². The molecule has 6 nitrogen and oxygen atoms in total. The molecule has 6 heteroatoms. The molecule has 0 radical (unpaired) electrons. The zero-order valence-corrected chi connectivity index (χ0v) is 16.3. The lowest BCUT2D eigenvalue weighted by atomic mass is 10.1. The zero-order chi connectivity index (χ0) is 20.3. The molecule has 4 aromatic heterocycles. The Kier molecular flexibility index (Phi) is 4.65. The summed E-state index contributed by atoms with van der Waals surface area (Å²) < 4.78 is 2.03. The molecule has 146 valence electrons. The van der Waals surface area contributed by atoms with Crippen LogP contribution in [0.4, 0.5) is 0 Å². The van der Waals surface area contributed by atoms with E-state index < -0.39 is 0 Å². The molecule has 1 aromatic carbocycles. The third kappa shape index (κ3) is 3.39. The van der Waals surface area contributed by atoms with Crippen LogP contribution in [0.3, 0.4) is 0 Å². The first-order valence-corrected chi connectivity index (χ1v) is 9.85. The topological polar surface area (TPSA) is 76.0 Å². The van der Waals surface area contributed by atoms with Crippen molar-refractivity contribution in [3.8, 4) is 0 Å². The van der Waals surface area contributed by atoms with E-state index in [2.05, 4.69) is 26.3 Å². The number of aromatic nitrogens is 4. The van der Waals surface area contributed by atoms with Gasteiger partial charge in [-0.15, -0.1) is 0 Å². The average molecular weight is 395 g/mol. The maximum atomic E-state index is 13.1. The Balaban J connectivity index is 1.43. The van der Waals surface area contributed by atoms with Crippen molar-refractivity contribution < 1.29 is 14.2 Å². The standard InChI is InChI=1S/C24H19N5O/c30-24(27-16-19-15-26-14-18-7-1-2-8-20(18)19)23-21-9-3-4-11-29(21)22(28-23)12-17-6-5-10-25-13-17/h1-11,13-15H,12,16H2,(H,27,30)/p+2. The van der Waals surface area contributed by atoms with Gasteiger partial charge in [0.15, 0.2) is 17.9 Å². The van der Waals surface area contributed by atoms with Crippen molar-refractivity contribution in [3.05, 3.63) is 108 Å². The third-order valence-electron chi connectivity index (χ3n) is 5.24. The molecule has 0 bridgehead atoms. The Morgan fingerprint density at radius 1 is 1.07 bits per heavy atom. The second kappa shape index (κ2) is 7.75. The van der Waals surface area contributed by atoms with E-state index in [1.807, 2.05) is 83.9 Å². The van der Waals surface area contributed by atoms with Crippen molar-refractivity contribution >= 4 is 22.2 Å². The highest BCUT2D eigenvalue weighted by molar-refractivity contribution is 5.98. The molecule has 3 N–H and O–H groups in total. The maximum Gasteiger partial charge on any atom is 0.295 e. The van der Waals surface area contributed by atoms with E-state index in [9.17, 15) is 4.79 Å². The summed E-state index contributed by atoms with van der Waals surface area (Å²) >= 11 is 0. The number of hydrogen-bond donors (Lipinski definition) is 2. The molecule has 0 saturated heterocycles. The molecular weight excluding hydrogens is 374 g/mol. The van der Waals surface area contributed by atoms with E-state index in [0.717, 1.165) is 33.2 Å². The Morgan fingerprint density at radius 3 is 2.87 bits per heavy atom. The lowest BCUT2D eigenvalue weighted by Crippen LogP contribution is -2.26. The number of hydrogen-bond acceptors (Lipinski definition) is 2. The van der Waals surface area contributed by atoms with Gasteiger partial charge in [0, 0.05) is 36.0 Å². The van der Waals surface area contributed by atoms with Crippen LogP contribution in [0.2, 0.25) is 0 Å². The summed E-state index contributed by atoms with van der Waals surface area (Å²) in [5, 5.41) is 5.21. The van der Waals surface area contributed by atoms with E-state index in [1.165, 1.54) is 0 Å². The summed E-state index contributed by atoms with van der Waals surface area (Å²) in [7, 11) is 0. The number of benzene rings is 1. The van der Waals surface area contributed by atoms with Gasteiger partial charge in [-0.3, -0.25) is 9.78 Å². The smallest absolute Gasteiger partial charge is 0.295 e. The molecule has 30 heavy (non-hydrogen) atoms. The number of pyridine rings is 3. The third-order valence-corrected chi connectivity index (χ3v) is 5.24. The Hall–Kier alpha value is -4.06. The lowest BCUT2D eigenvalue weighted by Gasteiger charge is -2.06. The fourth-order valence-corrected chi connectivity index (χ4v) is 3.77. The zero-order valence-electron chi connectivity index (χ0n) is 16.3. The number of carbonyl (C=O) groups excluding carboxylic acids is 1. The summed E-state index contributed by atoms with van der Waals surface area (Å²) in [6, 6.07) is 17.9. The highest BCUT2D eigenvalue weighted by atomic mass is 16.1. The minimum atomic E-state index is -0.141. The molecule has 0 spiro atoms. The minimum absolute atomic E-state index is 0.141. The van der Waals surface area contributed by atoms with Gasteiger partial charge in [0.2, 0.25) is 5.69 Å². The fraction of sp³-hybridized carbons (Fsp3) is 0.0833. The molecule has 0 aliphatic rings. The normalized spacial score (nSPS) is 11.1. The number of amides is 1. The molecule has 5 aromatic rings. The first-order chi connectivity index (χ1) is 14.8. The second-order valence-electron chi connectivity index (χ2n) is 7.19. The molecule has 0 saturated carbocycles. The van der Waals surface area contributed by atoms with Crippen molar-refractivity contribution in [2.75, 3.05) is 0 Å². The molecular formula is C24H21N5O+2. The first kappa shape index (κ1) is 18.0. The highest BCUT2D eigenvalue weighted by Gasteiger charge is 2.24. The molecule has 0 atom stereocenters. The van der Waals surface area contributed by atoms with Crippen molar-refractivity contribution in [2.24, 2.45) is 0 Å². The molecule has 1 amide bonds. The van der Waals surface area contributed by atoms with E-state index >= 15 is 0 Å². The molecule has 0 unspecified atom stereocenters. The van der Waals surface area contributed by atoms with Gasteiger partial charge in [0.1, 0.15) is 0 Å². The molecule has 4 heterocycles. The van der Waals surface area contributed by atoms with Crippen LogP contribution >= 0.6 is 0 Å². The summed E-state index contributed by atoms with van der Waals surface area (Å²) in [5.74, 6) is 0.805. The summed E-state index contributed by atoms with van der Waals surface area (Å²) in [4.78, 5) is 23.8. The molecule has 0 aliphatic heterocycles. The van der Waals surface area contributed by atoms with Crippen molar-refractivity contribution in [3.63, 3.8) is 0 Å². The van der Waals surface area contributed by atoms with Gasteiger partial charge in [-0.25, -0.2) is 9.97 Å². The average Bonchev–Trinajstić information content (AvgIpc) is 3.17. The Morgan fingerprint density at radius 2 is 1.97 bits per heavy atom. The maximum absolute atomic E-state index is 13.1. The van der Waals surface area contributed by atoms with Crippen molar-refractivity contribution in [1.82, 2.24) is 15.3 Å². The van der Waals surface area contributed by atoms with E-state index in [0.29, 0.717) is 18.7 Å². The van der Waals surface area contributed by atoms with E-state index in [-0.39, 0.29) is 5.91 Å². The van der Waals surface area contributed by atoms with Crippen molar-refractivity contribution in [1.29, 1.82) is 0 Å². The van der Waals surface area contributed by atoms with E-state index in [1.54, 1.807) is 0 Å². The van der Waals surface area contributed by atoms with Crippen LogP contribution in [-0.4, -0.2) is 15.9 Å². The predicted octanol–water partition coefficient (Wildman–Crippen LogP) is 2.64. The van der Waals surface area contributed by atoms with E-state index in [4.69, 9.17) is 0 Å². The van der Waals surface area contributed by atoms with Gasteiger partial charge in [0.25, 0.3) is 11.7 Å². The van der Waals surface area contributed by atoms with Crippen LogP contribution in [0.5, 0.6) is 0 Å². The van der Waals surface area contributed by atoms with Gasteiger partial charge in [-0.2, -0.15) is 4.40 Å².